The number of benzene rings is 5. The van der Waals surface area contributed by atoms with Gasteiger partial charge in [-0.25, -0.2) is 0 Å². The number of nitrogens with zero attached hydrogens (tertiary/aromatic N) is 3. The molecule has 2 bridgehead atoms. The first kappa shape index (κ1) is 48.2. The summed E-state index contributed by atoms with van der Waals surface area (Å²) < 4.78 is 12.5. The number of piperidine rings is 4. The number of carbonyl (C=O) groups excluding carboxylic acids is 3. The highest BCUT2D eigenvalue weighted by Gasteiger charge is 2.47. The van der Waals surface area contributed by atoms with E-state index in [1.54, 1.807) is 12.1 Å². The second-order valence-electron chi connectivity index (χ2n) is 19.2. The molecule has 70 heavy (non-hydrogen) atoms. The number of aromatic hydroxyl groups is 1. The van der Waals surface area contributed by atoms with E-state index in [0.29, 0.717) is 81.2 Å². The standard InChI is InChI=1S/C57H63N5O8/c63-49-21-19-47(48-20-22-52(65)59-55(48)49)50(64)36-58-27-8-28-62(37-43-11-7-14-46(33-43)69-39-42-9-3-1-4-10-42)54(67)35-41-17-15-40(16-18-41)34-53(66)61-31-25-57(26-32-61,45-12-5-2-6-13-45)56(68)70-51-38-60-29-23-44(51)24-30-60/h1-7,9-22,33,44,50-51,58,63-64H,8,23-32,34-39H2,(H,59,65). The summed E-state index contributed by atoms with van der Waals surface area (Å²) in [7, 11) is 0. The summed E-state index contributed by atoms with van der Waals surface area (Å²) in [5.41, 5.74) is 4.34. The SMILES string of the molecule is O=C(Cc1ccc(CC(=O)N(CCCNCC(O)c2ccc(O)c3[nH]c(=O)ccc23)Cc2cccc(OCc3ccccc3)c2)cc1)N1CCC(C(=O)OC2CN3CCC2CC3)(c2ccccc2)CC1. The molecule has 4 fully saturated rings. The van der Waals surface area contributed by atoms with Crippen LogP contribution in [0, 0.1) is 5.92 Å². The molecule has 4 N–H and O–H groups in total. The number of H-pyrrole nitrogens is 1. The van der Waals surface area contributed by atoms with E-state index < -0.39 is 11.5 Å². The summed E-state index contributed by atoms with van der Waals surface area (Å²) in [4.78, 5) is 62.7. The topological polar surface area (TPSA) is 165 Å². The Morgan fingerprint density at radius 1 is 0.786 bits per heavy atom. The van der Waals surface area contributed by atoms with Crippen LogP contribution in [-0.2, 0) is 50.5 Å². The number of aromatic nitrogens is 1. The predicted molar refractivity (Wildman–Crippen MR) is 268 cm³/mol. The van der Waals surface area contributed by atoms with Gasteiger partial charge in [0.25, 0.3) is 0 Å². The van der Waals surface area contributed by atoms with Crippen molar-refractivity contribution in [3.63, 3.8) is 0 Å². The molecule has 4 aliphatic rings. The first-order valence-corrected chi connectivity index (χ1v) is 24.7. The van der Waals surface area contributed by atoms with Crippen LogP contribution in [0.2, 0.25) is 0 Å². The third-order valence-electron chi connectivity index (χ3n) is 14.5. The van der Waals surface area contributed by atoms with Crippen molar-refractivity contribution in [3.8, 4) is 11.5 Å². The highest BCUT2D eigenvalue weighted by molar-refractivity contribution is 5.87. The summed E-state index contributed by atoms with van der Waals surface area (Å²) in [6.07, 6.45) is 3.16. The van der Waals surface area contributed by atoms with Gasteiger partial charge in [0.15, 0.2) is 0 Å². The van der Waals surface area contributed by atoms with Crippen molar-refractivity contribution < 1.29 is 34.1 Å². The van der Waals surface area contributed by atoms with Crippen LogP contribution < -0.4 is 15.6 Å². The van der Waals surface area contributed by atoms with Gasteiger partial charge in [-0.2, -0.15) is 0 Å². The number of aliphatic hydroxyl groups is 1. The molecule has 2 amide bonds. The molecular formula is C57H63N5O8. The van der Waals surface area contributed by atoms with Crippen LogP contribution in [0.4, 0.5) is 0 Å². The minimum absolute atomic E-state index is 0.00582. The van der Waals surface area contributed by atoms with Crippen LogP contribution in [-0.4, -0.2) is 106 Å². The van der Waals surface area contributed by atoms with E-state index >= 15 is 0 Å². The van der Waals surface area contributed by atoms with Crippen molar-refractivity contribution in [1.82, 2.24) is 25.0 Å². The first-order chi connectivity index (χ1) is 34.1. The molecule has 6 aromatic rings. The number of hydrogen-bond donors (Lipinski definition) is 4. The van der Waals surface area contributed by atoms with E-state index in [1.807, 2.05) is 119 Å². The number of aliphatic hydroxyl groups excluding tert-OH is 1. The molecule has 2 atom stereocenters. The van der Waals surface area contributed by atoms with Crippen molar-refractivity contribution in [1.29, 1.82) is 0 Å². The summed E-state index contributed by atoms with van der Waals surface area (Å²) in [6, 6.07) is 41.4. The maximum absolute atomic E-state index is 14.2. The summed E-state index contributed by atoms with van der Waals surface area (Å²) >= 11 is 0. The molecule has 10 rings (SSSR count). The van der Waals surface area contributed by atoms with E-state index in [-0.39, 0.29) is 60.1 Å². The Hall–Kier alpha value is -6.80. The lowest BCUT2D eigenvalue weighted by molar-refractivity contribution is -0.168. The molecule has 1 aromatic heterocycles. The number of pyridine rings is 1. The number of aromatic amines is 1. The fourth-order valence-corrected chi connectivity index (χ4v) is 10.4. The normalized spacial score (nSPS) is 18.8. The highest BCUT2D eigenvalue weighted by atomic mass is 16.5. The summed E-state index contributed by atoms with van der Waals surface area (Å²) in [5.74, 6) is 0.850. The zero-order chi connectivity index (χ0) is 48.5. The van der Waals surface area contributed by atoms with Gasteiger partial charge < -0.3 is 39.8 Å². The van der Waals surface area contributed by atoms with Gasteiger partial charge in [-0.15, -0.1) is 0 Å². The molecule has 4 aliphatic heterocycles. The number of fused-ring (bicyclic) bond motifs is 4. The van der Waals surface area contributed by atoms with Gasteiger partial charge in [0.1, 0.15) is 24.2 Å². The number of ether oxygens (including phenoxy) is 2. The first-order valence-electron chi connectivity index (χ1n) is 24.7. The smallest absolute Gasteiger partial charge is 0.317 e. The molecule has 13 nitrogen and oxygen atoms in total. The molecule has 13 heteroatoms. The number of phenolic OH excluding ortho intramolecular Hbond substituents is 1. The largest absolute Gasteiger partial charge is 0.506 e. The number of hydrogen-bond acceptors (Lipinski definition) is 10. The van der Waals surface area contributed by atoms with Crippen molar-refractivity contribution in [2.75, 3.05) is 52.4 Å². The van der Waals surface area contributed by atoms with E-state index in [9.17, 15) is 29.4 Å². The van der Waals surface area contributed by atoms with Gasteiger partial charge in [-0.05, 0) is 115 Å². The van der Waals surface area contributed by atoms with Crippen LogP contribution in [0.3, 0.4) is 0 Å². The zero-order valence-corrected chi connectivity index (χ0v) is 39.6. The third-order valence-corrected chi connectivity index (χ3v) is 14.5. The fourth-order valence-electron chi connectivity index (χ4n) is 10.4. The maximum Gasteiger partial charge on any atom is 0.317 e. The second kappa shape index (κ2) is 22.3. The Balaban J connectivity index is 0.807. The van der Waals surface area contributed by atoms with E-state index in [4.69, 9.17) is 9.47 Å². The number of amides is 2. The fraction of sp³-hybridized carbons (Fsp3) is 0.368. The molecule has 0 aliphatic carbocycles. The van der Waals surface area contributed by atoms with Gasteiger partial charge in [0.2, 0.25) is 17.4 Å². The monoisotopic (exact) mass is 945 g/mol. The summed E-state index contributed by atoms with van der Waals surface area (Å²) in [6.45, 7) is 5.86. The molecule has 0 saturated carbocycles. The number of esters is 1. The van der Waals surface area contributed by atoms with Crippen LogP contribution in [0.25, 0.3) is 10.9 Å². The van der Waals surface area contributed by atoms with Crippen LogP contribution in [0.5, 0.6) is 11.5 Å². The Bertz CT molecular complexity index is 2790. The minimum Gasteiger partial charge on any atom is -0.506 e. The molecule has 5 heterocycles. The molecule has 5 aromatic carbocycles. The predicted octanol–water partition coefficient (Wildman–Crippen LogP) is 6.84. The zero-order valence-electron chi connectivity index (χ0n) is 39.6. The Labute approximate surface area is 409 Å². The van der Waals surface area contributed by atoms with Crippen LogP contribution in [0.15, 0.2) is 138 Å². The number of likely N-dealkylation sites (tertiary alicyclic amines) is 1. The Kier molecular flexibility index (Phi) is 15.4. The lowest BCUT2D eigenvalue weighted by Gasteiger charge is -2.46. The van der Waals surface area contributed by atoms with Crippen molar-refractivity contribution >= 4 is 28.7 Å². The Morgan fingerprint density at radius 2 is 1.49 bits per heavy atom. The maximum atomic E-state index is 14.2. The molecule has 4 saturated heterocycles. The average Bonchev–Trinajstić information content (AvgIpc) is 3.39. The van der Waals surface area contributed by atoms with Crippen LogP contribution in [0.1, 0.15) is 71.6 Å². The van der Waals surface area contributed by atoms with Crippen LogP contribution >= 0.6 is 0 Å². The van der Waals surface area contributed by atoms with Crippen molar-refractivity contribution in [2.24, 2.45) is 5.92 Å². The molecule has 0 radical (unpaired) electrons. The number of phenols is 1. The highest BCUT2D eigenvalue weighted by Crippen LogP contribution is 2.39. The van der Waals surface area contributed by atoms with Gasteiger partial charge >= 0.3 is 5.97 Å². The average molecular weight is 946 g/mol. The van der Waals surface area contributed by atoms with Crippen molar-refractivity contribution in [2.45, 2.75) is 75.7 Å². The van der Waals surface area contributed by atoms with Gasteiger partial charge in [0, 0.05) is 50.7 Å². The molecule has 364 valence electrons. The number of carbonyl (C=O) groups is 3. The molecular weight excluding hydrogens is 883 g/mol. The molecule has 2 unspecified atom stereocenters. The quantitative estimate of drug-likeness (QED) is 0.0500. The molecule has 0 spiro atoms. The summed E-state index contributed by atoms with van der Waals surface area (Å²) in [5, 5.41) is 25.3. The van der Waals surface area contributed by atoms with E-state index in [0.717, 1.165) is 60.3 Å². The minimum atomic E-state index is -0.905. The number of rotatable bonds is 19. The van der Waals surface area contributed by atoms with Gasteiger partial charge in [-0.3, -0.25) is 24.1 Å². The van der Waals surface area contributed by atoms with Gasteiger partial charge in [0.05, 0.1) is 29.9 Å². The second-order valence-corrected chi connectivity index (χ2v) is 19.2. The lowest BCUT2D eigenvalue weighted by atomic mass is 9.72. The Morgan fingerprint density at radius 3 is 2.20 bits per heavy atom. The van der Waals surface area contributed by atoms with E-state index in [1.165, 1.54) is 12.1 Å². The van der Waals surface area contributed by atoms with E-state index in [2.05, 4.69) is 15.2 Å². The lowest BCUT2D eigenvalue weighted by Crippen LogP contribution is -2.55. The third kappa shape index (κ3) is 11.6. The van der Waals surface area contributed by atoms with Gasteiger partial charge in [-0.1, -0.05) is 103 Å². The van der Waals surface area contributed by atoms with Crippen molar-refractivity contribution in [3.05, 3.63) is 177 Å². The number of nitrogens with one attached hydrogen (secondary N) is 2.